The maximum Gasteiger partial charge on any atom is 0.308 e. The molecule has 0 saturated carbocycles. The summed E-state index contributed by atoms with van der Waals surface area (Å²) in [6.45, 7) is 1.42. The molecule has 0 aromatic heterocycles. The number of carbonyl (C=O) groups is 2. The van der Waals surface area contributed by atoms with Gasteiger partial charge in [0.15, 0.2) is 0 Å². The molecule has 0 spiro atoms. The van der Waals surface area contributed by atoms with Crippen LogP contribution >= 0.6 is 0 Å². The van der Waals surface area contributed by atoms with E-state index in [0.717, 1.165) is 10.8 Å². The lowest BCUT2D eigenvalue weighted by Crippen LogP contribution is -2.34. The molecule has 1 amide bonds. The van der Waals surface area contributed by atoms with Gasteiger partial charge in [0.05, 0.1) is 10.8 Å². The number of benzene rings is 2. The molecule has 0 aliphatic carbocycles. The van der Waals surface area contributed by atoms with Crippen molar-refractivity contribution in [1.82, 2.24) is 10.0 Å². The van der Waals surface area contributed by atoms with Crippen LogP contribution in [0, 0.1) is 5.92 Å². The highest BCUT2D eigenvalue weighted by Gasteiger charge is 2.16. The molecule has 3 N–H and O–H groups in total. The second-order valence-electron chi connectivity index (χ2n) is 5.70. The Balaban J connectivity index is 1.90. The lowest BCUT2D eigenvalue weighted by molar-refractivity contribution is -0.141. The van der Waals surface area contributed by atoms with Crippen LogP contribution in [0.2, 0.25) is 0 Å². The van der Waals surface area contributed by atoms with Gasteiger partial charge in [-0.3, -0.25) is 9.59 Å². The van der Waals surface area contributed by atoms with Crippen molar-refractivity contribution in [2.45, 2.75) is 18.2 Å². The van der Waals surface area contributed by atoms with Crippen LogP contribution in [-0.2, 0) is 19.6 Å². The van der Waals surface area contributed by atoms with Crippen LogP contribution in [0.25, 0.3) is 10.8 Å². The zero-order chi connectivity index (χ0) is 18.4. The van der Waals surface area contributed by atoms with Crippen LogP contribution in [0.3, 0.4) is 0 Å². The first kappa shape index (κ1) is 18.9. The Morgan fingerprint density at radius 2 is 1.80 bits per heavy atom. The third-order valence-electron chi connectivity index (χ3n) is 3.70. The highest BCUT2D eigenvalue weighted by atomic mass is 32.2. The number of aliphatic carboxylic acids is 1. The third-order valence-corrected chi connectivity index (χ3v) is 5.16. The molecule has 0 aliphatic rings. The fourth-order valence-electron chi connectivity index (χ4n) is 2.16. The van der Waals surface area contributed by atoms with Crippen LogP contribution in [0.4, 0.5) is 0 Å². The molecule has 2 rings (SSSR count). The Kier molecular flexibility index (Phi) is 6.11. The van der Waals surface area contributed by atoms with Crippen LogP contribution in [0.1, 0.15) is 13.3 Å². The normalized spacial score (nSPS) is 12.7. The average Bonchev–Trinajstić information content (AvgIpc) is 2.58. The van der Waals surface area contributed by atoms with Crippen LogP contribution < -0.4 is 10.0 Å². The monoisotopic (exact) mass is 364 g/mol. The molecular formula is C17H20N2O5S. The van der Waals surface area contributed by atoms with Gasteiger partial charge in [-0.25, -0.2) is 13.1 Å². The number of carbonyl (C=O) groups excluding carboxylic acids is 1. The molecule has 8 heteroatoms. The summed E-state index contributed by atoms with van der Waals surface area (Å²) in [6, 6.07) is 12.2. The summed E-state index contributed by atoms with van der Waals surface area (Å²) in [5.41, 5.74) is 0. The van der Waals surface area contributed by atoms with Gasteiger partial charge < -0.3 is 10.4 Å². The topological polar surface area (TPSA) is 113 Å². The summed E-state index contributed by atoms with van der Waals surface area (Å²) in [5.74, 6) is -2.11. The number of hydrogen-bond donors (Lipinski definition) is 3. The minimum Gasteiger partial charge on any atom is -0.481 e. The SMILES string of the molecule is CC(CNC(=O)CCNS(=O)(=O)c1ccc2ccccc2c1)C(=O)O. The number of carboxylic acids is 1. The summed E-state index contributed by atoms with van der Waals surface area (Å²) in [4.78, 5) is 22.4. The average molecular weight is 364 g/mol. The van der Waals surface area contributed by atoms with E-state index in [1.807, 2.05) is 24.3 Å². The van der Waals surface area contributed by atoms with Gasteiger partial charge in [0.1, 0.15) is 0 Å². The smallest absolute Gasteiger partial charge is 0.308 e. The van der Waals surface area contributed by atoms with Crippen LogP contribution in [0.15, 0.2) is 47.4 Å². The minimum absolute atomic E-state index is 0.00555. The summed E-state index contributed by atoms with van der Waals surface area (Å²) in [7, 11) is -3.72. The molecule has 0 fully saturated rings. The number of fused-ring (bicyclic) bond motifs is 1. The van der Waals surface area contributed by atoms with E-state index in [9.17, 15) is 18.0 Å². The molecule has 2 aromatic rings. The fourth-order valence-corrected chi connectivity index (χ4v) is 3.23. The quantitative estimate of drug-likeness (QED) is 0.654. The van der Waals surface area contributed by atoms with E-state index < -0.39 is 27.8 Å². The number of carboxylic acid groups (broad SMARTS) is 1. The molecule has 7 nitrogen and oxygen atoms in total. The molecule has 2 aromatic carbocycles. The molecule has 25 heavy (non-hydrogen) atoms. The predicted molar refractivity (Wildman–Crippen MR) is 93.6 cm³/mol. The van der Waals surface area contributed by atoms with Crippen molar-refractivity contribution in [3.8, 4) is 0 Å². The lowest BCUT2D eigenvalue weighted by atomic mass is 10.1. The van der Waals surface area contributed by atoms with Gasteiger partial charge in [-0.15, -0.1) is 0 Å². The summed E-state index contributed by atoms with van der Waals surface area (Å²) in [5, 5.41) is 12.9. The maximum atomic E-state index is 12.3. The van der Waals surface area contributed by atoms with Crippen molar-refractivity contribution in [3.63, 3.8) is 0 Å². The van der Waals surface area contributed by atoms with Crippen molar-refractivity contribution in [2.75, 3.05) is 13.1 Å². The van der Waals surface area contributed by atoms with Crippen molar-refractivity contribution in [2.24, 2.45) is 5.92 Å². The molecule has 0 heterocycles. The van der Waals surface area contributed by atoms with Crippen molar-refractivity contribution < 1.29 is 23.1 Å². The molecule has 0 radical (unpaired) electrons. The third kappa shape index (κ3) is 5.27. The van der Waals surface area contributed by atoms with E-state index in [1.54, 1.807) is 12.1 Å². The molecular weight excluding hydrogens is 344 g/mol. The molecule has 134 valence electrons. The summed E-state index contributed by atoms with van der Waals surface area (Å²) >= 11 is 0. The first-order valence-corrected chi connectivity index (χ1v) is 9.26. The number of hydrogen-bond acceptors (Lipinski definition) is 4. The minimum atomic E-state index is -3.72. The summed E-state index contributed by atoms with van der Waals surface area (Å²) in [6.07, 6.45) is -0.0703. The second-order valence-corrected chi connectivity index (χ2v) is 7.47. The Morgan fingerprint density at radius 3 is 2.48 bits per heavy atom. The van der Waals surface area contributed by atoms with E-state index >= 15 is 0 Å². The largest absolute Gasteiger partial charge is 0.481 e. The van der Waals surface area contributed by atoms with Gasteiger partial charge >= 0.3 is 5.97 Å². The van der Waals surface area contributed by atoms with E-state index in [0.29, 0.717) is 0 Å². The Labute approximate surface area is 146 Å². The Hall–Kier alpha value is -2.45. The predicted octanol–water partition coefficient (Wildman–Crippen LogP) is 1.35. The van der Waals surface area contributed by atoms with Gasteiger partial charge in [0.25, 0.3) is 0 Å². The van der Waals surface area contributed by atoms with E-state index in [4.69, 9.17) is 5.11 Å². The van der Waals surface area contributed by atoms with Crippen molar-refractivity contribution in [3.05, 3.63) is 42.5 Å². The van der Waals surface area contributed by atoms with E-state index in [1.165, 1.54) is 13.0 Å². The standard InChI is InChI=1S/C17H20N2O5S/c1-12(17(21)22)11-18-16(20)8-9-19-25(23,24)15-7-6-13-4-2-3-5-14(13)10-15/h2-7,10,12,19H,8-9,11H2,1H3,(H,18,20)(H,21,22). The zero-order valence-electron chi connectivity index (χ0n) is 13.7. The fraction of sp³-hybridized carbons (Fsp3) is 0.294. The molecule has 1 atom stereocenters. The van der Waals surface area contributed by atoms with Gasteiger partial charge in [-0.2, -0.15) is 0 Å². The van der Waals surface area contributed by atoms with Gasteiger partial charge in [-0.1, -0.05) is 37.3 Å². The number of amides is 1. The van der Waals surface area contributed by atoms with Crippen LogP contribution in [-0.4, -0.2) is 38.5 Å². The first-order valence-electron chi connectivity index (χ1n) is 7.77. The van der Waals surface area contributed by atoms with E-state index in [2.05, 4.69) is 10.0 Å². The molecule has 1 unspecified atom stereocenters. The highest BCUT2D eigenvalue weighted by Crippen LogP contribution is 2.18. The second kappa shape index (κ2) is 8.09. The summed E-state index contributed by atoms with van der Waals surface area (Å²) < 4.78 is 27.0. The Bertz CT molecular complexity index is 879. The van der Waals surface area contributed by atoms with Gasteiger partial charge in [-0.05, 0) is 22.9 Å². The maximum absolute atomic E-state index is 12.3. The molecule has 0 saturated heterocycles. The highest BCUT2D eigenvalue weighted by molar-refractivity contribution is 7.89. The van der Waals surface area contributed by atoms with Gasteiger partial charge in [0, 0.05) is 19.5 Å². The molecule has 0 bridgehead atoms. The number of nitrogens with one attached hydrogen (secondary N) is 2. The van der Waals surface area contributed by atoms with Crippen LogP contribution in [0.5, 0.6) is 0 Å². The number of sulfonamides is 1. The Morgan fingerprint density at radius 1 is 1.12 bits per heavy atom. The molecule has 0 aliphatic heterocycles. The van der Waals surface area contributed by atoms with E-state index in [-0.39, 0.29) is 24.4 Å². The first-order chi connectivity index (χ1) is 11.8. The van der Waals surface area contributed by atoms with Crippen molar-refractivity contribution in [1.29, 1.82) is 0 Å². The number of rotatable bonds is 8. The zero-order valence-corrected chi connectivity index (χ0v) is 14.5. The van der Waals surface area contributed by atoms with Crippen molar-refractivity contribution >= 4 is 32.7 Å². The van der Waals surface area contributed by atoms with Gasteiger partial charge in [0.2, 0.25) is 15.9 Å². The lowest BCUT2D eigenvalue weighted by Gasteiger charge is -2.10.